The molecule has 0 aliphatic heterocycles. The van der Waals surface area contributed by atoms with E-state index in [2.05, 4.69) is 65.3 Å². The summed E-state index contributed by atoms with van der Waals surface area (Å²) in [5.41, 5.74) is 3.58. The number of rotatable bonds is 12. The molecule has 0 radical (unpaired) electrons. The maximum atomic E-state index is 12.9. The Morgan fingerprint density at radius 1 is 1.10 bits per heavy atom. The van der Waals surface area contributed by atoms with Crippen LogP contribution in [0.4, 0.5) is 0 Å². The van der Waals surface area contributed by atoms with E-state index in [9.17, 15) is 9.59 Å². The Kier molecular flexibility index (Phi) is 22.7. The smallest absolute Gasteiger partial charge is 0.329 e. The van der Waals surface area contributed by atoms with Crippen molar-refractivity contribution in [3.63, 3.8) is 0 Å². The number of benzene rings is 1. The number of allylic oxidation sites excluding steroid dienone is 9. The van der Waals surface area contributed by atoms with E-state index in [1.165, 1.54) is 18.0 Å². The van der Waals surface area contributed by atoms with E-state index in [0.717, 1.165) is 35.7 Å². The summed E-state index contributed by atoms with van der Waals surface area (Å²) in [5.74, 6) is -0.193. The van der Waals surface area contributed by atoms with Crippen LogP contribution in [0.3, 0.4) is 0 Å². The molecule has 0 saturated carbocycles. The number of hydrogen-bond acceptors (Lipinski definition) is 4. The van der Waals surface area contributed by atoms with Crippen molar-refractivity contribution < 1.29 is 14.3 Å². The van der Waals surface area contributed by atoms with Crippen molar-refractivity contribution in [1.82, 2.24) is 4.90 Å². The van der Waals surface area contributed by atoms with E-state index in [4.69, 9.17) is 16.3 Å². The van der Waals surface area contributed by atoms with Gasteiger partial charge in [-0.1, -0.05) is 95.2 Å². The fraction of sp³-hybridized carbons (Fsp3) is 0.438. The number of likely N-dealkylation sites (N-methyl/N-ethyl adjacent to an activating group) is 1. The molecule has 218 valence electrons. The lowest BCUT2D eigenvalue weighted by atomic mass is 10.0. The Bertz CT molecular complexity index is 963. The number of aldehydes is 1. The van der Waals surface area contributed by atoms with Gasteiger partial charge in [0.2, 0.25) is 0 Å². The minimum atomic E-state index is -0.504. The number of halogens is 3. The number of esters is 1. The fourth-order valence-electron chi connectivity index (χ4n) is 3.05. The number of carbonyl (C=O) groups excluding carboxylic acids is 2. The maximum absolute atomic E-state index is 12.9. The standard InChI is InChI=1S/C23H34BrNO2.C8H9ClO.CH3Cl/c1-7-19(15-16-24)14-13-18(2)25(6)21(22(26)27-23(3,4)5)17-20-11-9-8-10-12-20;1-3-8(6-10)5-4-7(2)9;1-2/h8-14,21H,7,15-17H2,1-6H3;3-6H,1H2,2H3;1H3/b18-13+,19-14+;7-4+,8-5+;. The molecule has 0 aliphatic rings. The lowest BCUT2D eigenvalue weighted by Gasteiger charge is -2.32. The van der Waals surface area contributed by atoms with Gasteiger partial charge in [0.05, 0.1) is 0 Å². The summed E-state index contributed by atoms with van der Waals surface area (Å²) in [7, 11) is 1.97. The van der Waals surface area contributed by atoms with E-state index >= 15 is 0 Å². The van der Waals surface area contributed by atoms with Gasteiger partial charge in [-0.15, -0.1) is 11.6 Å². The molecular formula is C32H46BrCl2NO3. The molecule has 0 amide bonds. The first-order chi connectivity index (χ1) is 18.4. The zero-order chi connectivity index (χ0) is 30.4. The van der Waals surface area contributed by atoms with Crippen molar-refractivity contribution in [1.29, 1.82) is 0 Å². The molecule has 1 atom stereocenters. The highest BCUT2D eigenvalue weighted by Gasteiger charge is 2.29. The molecule has 1 rings (SSSR count). The van der Waals surface area contributed by atoms with Crippen LogP contribution in [0.5, 0.6) is 0 Å². The third-order valence-corrected chi connectivity index (χ3v) is 5.80. The minimum absolute atomic E-state index is 0.193. The molecule has 1 unspecified atom stereocenters. The zero-order valence-electron chi connectivity index (χ0n) is 24.8. The van der Waals surface area contributed by atoms with Crippen molar-refractivity contribution in [2.24, 2.45) is 0 Å². The van der Waals surface area contributed by atoms with Gasteiger partial charge in [-0.3, -0.25) is 4.79 Å². The van der Waals surface area contributed by atoms with Gasteiger partial charge in [0.25, 0.3) is 0 Å². The Morgan fingerprint density at radius 2 is 1.69 bits per heavy atom. The normalized spacial score (nSPS) is 13.2. The van der Waals surface area contributed by atoms with Gasteiger partial charge in [0.15, 0.2) is 0 Å². The molecular weight excluding hydrogens is 597 g/mol. The molecule has 0 heterocycles. The van der Waals surface area contributed by atoms with Gasteiger partial charge in [0.1, 0.15) is 17.9 Å². The predicted molar refractivity (Wildman–Crippen MR) is 174 cm³/mol. The predicted octanol–water partition coefficient (Wildman–Crippen LogP) is 9.19. The molecule has 0 bridgehead atoms. The van der Waals surface area contributed by atoms with E-state index in [1.807, 2.05) is 57.8 Å². The van der Waals surface area contributed by atoms with Gasteiger partial charge < -0.3 is 9.64 Å². The first kappa shape index (κ1) is 39.1. The number of hydrogen-bond donors (Lipinski definition) is 0. The van der Waals surface area contributed by atoms with Crippen LogP contribution in [0.15, 0.2) is 89.2 Å². The number of alkyl halides is 2. The Balaban J connectivity index is 0. The highest BCUT2D eigenvalue weighted by Crippen LogP contribution is 2.18. The van der Waals surface area contributed by atoms with Gasteiger partial charge >= 0.3 is 5.97 Å². The van der Waals surface area contributed by atoms with E-state index in [0.29, 0.717) is 17.0 Å². The number of ether oxygens (including phenoxy) is 1. The topological polar surface area (TPSA) is 46.6 Å². The Labute approximate surface area is 255 Å². The molecule has 0 aromatic heterocycles. The van der Waals surface area contributed by atoms with Gasteiger partial charge in [-0.25, -0.2) is 4.79 Å². The van der Waals surface area contributed by atoms with Crippen LogP contribution >= 0.6 is 39.1 Å². The van der Waals surface area contributed by atoms with Crippen molar-refractivity contribution in [3.8, 4) is 0 Å². The Hall–Kier alpha value is -2.08. The summed E-state index contributed by atoms with van der Waals surface area (Å²) >= 11 is 13.6. The molecule has 0 N–H and O–H groups in total. The first-order valence-electron chi connectivity index (χ1n) is 12.8. The Morgan fingerprint density at radius 3 is 2.13 bits per heavy atom. The average Bonchev–Trinajstić information content (AvgIpc) is 2.90. The molecule has 4 nitrogen and oxygen atoms in total. The molecule has 7 heteroatoms. The quantitative estimate of drug-likeness (QED) is 0.0750. The maximum Gasteiger partial charge on any atom is 0.329 e. The van der Waals surface area contributed by atoms with Crippen molar-refractivity contribution in [2.75, 3.05) is 18.8 Å². The zero-order valence-corrected chi connectivity index (χ0v) is 27.9. The van der Waals surface area contributed by atoms with Gasteiger partial charge in [0, 0.05) is 41.5 Å². The highest BCUT2D eigenvalue weighted by molar-refractivity contribution is 9.09. The second-order valence-electron chi connectivity index (χ2n) is 9.52. The first-order valence-corrected chi connectivity index (χ1v) is 15.0. The largest absolute Gasteiger partial charge is 0.458 e. The molecule has 0 saturated heterocycles. The van der Waals surface area contributed by atoms with Gasteiger partial charge in [-0.05, 0) is 65.2 Å². The summed E-state index contributed by atoms with van der Waals surface area (Å²) in [6.07, 6.45) is 13.9. The molecule has 0 fully saturated rings. The second kappa shape index (κ2) is 22.7. The summed E-state index contributed by atoms with van der Waals surface area (Å²) < 4.78 is 5.70. The van der Waals surface area contributed by atoms with Crippen LogP contribution in [0, 0.1) is 0 Å². The monoisotopic (exact) mass is 641 g/mol. The van der Waals surface area contributed by atoms with Crippen molar-refractivity contribution in [2.45, 2.75) is 72.4 Å². The summed E-state index contributed by atoms with van der Waals surface area (Å²) in [6, 6.07) is 9.73. The van der Waals surface area contributed by atoms with Crippen LogP contribution in [0.25, 0.3) is 0 Å². The lowest BCUT2D eigenvalue weighted by Crippen LogP contribution is -2.43. The minimum Gasteiger partial charge on any atom is -0.458 e. The van der Waals surface area contributed by atoms with E-state index < -0.39 is 5.60 Å². The van der Waals surface area contributed by atoms with Crippen LogP contribution in [-0.2, 0) is 20.7 Å². The fourth-order valence-corrected chi connectivity index (χ4v) is 3.63. The van der Waals surface area contributed by atoms with Gasteiger partial charge in [-0.2, -0.15) is 0 Å². The van der Waals surface area contributed by atoms with Crippen LogP contribution in [0.2, 0.25) is 0 Å². The third kappa shape index (κ3) is 19.6. The molecule has 1 aromatic carbocycles. The third-order valence-electron chi connectivity index (χ3n) is 5.28. The molecule has 0 spiro atoms. The van der Waals surface area contributed by atoms with Crippen LogP contribution in [0.1, 0.15) is 59.9 Å². The summed E-state index contributed by atoms with van der Waals surface area (Å²) in [4.78, 5) is 25.1. The van der Waals surface area contributed by atoms with Crippen molar-refractivity contribution >= 4 is 51.4 Å². The second-order valence-corrected chi connectivity index (χ2v) is 10.9. The van der Waals surface area contributed by atoms with E-state index in [1.54, 1.807) is 19.1 Å². The SMILES string of the molecule is C=C/C(C=O)=C\C=C(/C)Cl.CC/C(=C\C=C(/C)N(C)C(Cc1ccccc1)C(=O)OC(C)(C)C)CCBr.CCl. The van der Waals surface area contributed by atoms with Crippen LogP contribution < -0.4 is 0 Å². The number of carbonyl (C=O) groups is 2. The van der Waals surface area contributed by atoms with E-state index in [-0.39, 0.29) is 12.0 Å². The average molecular weight is 644 g/mol. The molecule has 0 aliphatic carbocycles. The molecule has 1 aromatic rings. The van der Waals surface area contributed by atoms with Crippen LogP contribution in [-0.4, -0.2) is 47.6 Å². The van der Waals surface area contributed by atoms with Crippen molar-refractivity contribution in [3.05, 3.63) is 94.7 Å². The summed E-state index contributed by atoms with van der Waals surface area (Å²) in [6.45, 7) is 15.1. The number of nitrogens with zero attached hydrogens (tertiary/aromatic N) is 1. The lowest BCUT2D eigenvalue weighted by molar-refractivity contribution is -0.160. The molecule has 39 heavy (non-hydrogen) atoms. The highest BCUT2D eigenvalue weighted by atomic mass is 79.9. The summed E-state index contributed by atoms with van der Waals surface area (Å²) in [5, 5.41) is 1.60.